The van der Waals surface area contributed by atoms with Crippen molar-refractivity contribution < 1.29 is 9.47 Å². The van der Waals surface area contributed by atoms with Gasteiger partial charge in [-0.2, -0.15) is 0 Å². The number of aliphatic imine (C=N–C) groups is 1. The number of nitrogens with one attached hydrogen (secondary N) is 1. The number of ether oxygens (including phenoxy) is 2. The second-order valence-corrected chi connectivity index (χ2v) is 7.08. The summed E-state index contributed by atoms with van der Waals surface area (Å²) in [5.74, 6) is 0.965. The van der Waals surface area contributed by atoms with Crippen molar-refractivity contribution in [1.29, 1.82) is 0 Å². The molecule has 1 aliphatic heterocycles. The van der Waals surface area contributed by atoms with Gasteiger partial charge in [0.25, 0.3) is 0 Å². The molecule has 1 N–H and O–H groups in total. The molecule has 0 aromatic carbocycles. The summed E-state index contributed by atoms with van der Waals surface area (Å²) in [6.07, 6.45) is 2.30. The summed E-state index contributed by atoms with van der Waals surface area (Å²) in [6, 6.07) is 0. The smallest absolute Gasteiger partial charge is 0.194 e. The van der Waals surface area contributed by atoms with E-state index < -0.39 is 0 Å². The minimum absolute atomic E-state index is 0. The van der Waals surface area contributed by atoms with Crippen LogP contribution in [-0.4, -0.2) is 63.0 Å². The highest BCUT2D eigenvalue weighted by Gasteiger charge is 2.53. The molecule has 0 amide bonds. The van der Waals surface area contributed by atoms with Gasteiger partial charge in [0.05, 0.1) is 19.8 Å². The lowest BCUT2D eigenvalue weighted by Crippen LogP contribution is -2.72. The van der Waals surface area contributed by atoms with Gasteiger partial charge in [0.1, 0.15) is 0 Å². The topological polar surface area (TPSA) is 46.1 Å². The van der Waals surface area contributed by atoms with Crippen molar-refractivity contribution in [2.75, 3.05) is 46.6 Å². The van der Waals surface area contributed by atoms with E-state index in [0.29, 0.717) is 25.2 Å². The van der Waals surface area contributed by atoms with Crippen LogP contribution in [-0.2, 0) is 9.47 Å². The third-order valence-corrected chi connectivity index (χ3v) is 4.90. The highest BCUT2D eigenvalue weighted by atomic mass is 127. The Bertz CT molecular complexity index is 360. The molecule has 23 heavy (non-hydrogen) atoms. The fourth-order valence-electron chi connectivity index (χ4n) is 2.50. The standard InChI is InChI=1S/C17H35N3O2.HI/c1-7-8-10-21-12-13-22-11-9-19-15(18-6)20-14-16(2,3)17(20,4)5;/h7-14H2,1-6H3,(H,18,19);1H. The van der Waals surface area contributed by atoms with Crippen molar-refractivity contribution in [3.8, 4) is 0 Å². The molecule has 0 atom stereocenters. The van der Waals surface area contributed by atoms with Crippen LogP contribution in [0.2, 0.25) is 0 Å². The first kappa shape index (κ1) is 22.9. The summed E-state index contributed by atoms with van der Waals surface area (Å²) in [4.78, 5) is 6.72. The Labute approximate surface area is 159 Å². The van der Waals surface area contributed by atoms with E-state index in [9.17, 15) is 0 Å². The van der Waals surface area contributed by atoms with E-state index in [4.69, 9.17) is 9.47 Å². The zero-order valence-electron chi connectivity index (χ0n) is 15.8. The van der Waals surface area contributed by atoms with Crippen LogP contribution < -0.4 is 5.32 Å². The second-order valence-electron chi connectivity index (χ2n) is 7.08. The summed E-state index contributed by atoms with van der Waals surface area (Å²) in [7, 11) is 1.84. The number of likely N-dealkylation sites (tertiary alicyclic amines) is 1. The van der Waals surface area contributed by atoms with Gasteiger partial charge >= 0.3 is 0 Å². The molecule has 0 aliphatic carbocycles. The van der Waals surface area contributed by atoms with E-state index in [1.54, 1.807) is 0 Å². The number of nitrogens with zero attached hydrogens (tertiary/aromatic N) is 2. The van der Waals surface area contributed by atoms with Crippen LogP contribution in [0.1, 0.15) is 47.5 Å². The third-order valence-electron chi connectivity index (χ3n) is 4.90. The Morgan fingerprint density at radius 1 is 1.09 bits per heavy atom. The Morgan fingerprint density at radius 3 is 2.17 bits per heavy atom. The largest absolute Gasteiger partial charge is 0.379 e. The van der Waals surface area contributed by atoms with E-state index in [0.717, 1.165) is 32.1 Å². The first-order chi connectivity index (χ1) is 10.4. The number of halogens is 1. The fraction of sp³-hybridized carbons (Fsp3) is 0.941. The molecule has 5 nitrogen and oxygen atoms in total. The molecule has 1 heterocycles. The Kier molecular flexibility index (Phi) is 10.7. The fourth-order valence-corrected chi connectivity index (χ4v) is 2.50. The monoisotopic (exact) mass is 441 g/mol. The van der Waals surface area contributed by atoms with E-state index in [2.05, 4.69) is 49.8 Å². The van der Waals surface area contributed by atoms with Gasteiger partial charge in [0.2, 0.25) is 0 Å². The molecule has 0 saturated carbocycles. The molecule has 1 fully saturated rings. The first-order valence-corrected chi connectivity index (χ1v) is 8.50. The lowest BCUT2D eigenvalue weighted by atomic mass is 9.65. The first-order valence-electron chi connectivity index (χ1n) is 8.50. The molecule has 6 heteroatoms. The summed E-state index contributed by atoms with van der Waals surface area (Å²) in [5.41, 5.74) is 0.444. The highest BCUT2D eigenvalue weighted by Crippen LogP contribution is 2.46. The molecule has 1 aliphatic rings. The maximum atomic E-state index is 5.57. The second kappa shape index (κ2) is 10.7. The molecule has 0 aromatic heterocycles. The van der Waals surface area contributed by atoms with Gasteiger partial charge < -0.3 is 19.7 Å². The van der Waals surface area contributed by atoms with Gasteiger partial charge in [-0.05, 0) is 20.3 Å². The number of rotatable bonds is 9. The van der Waals surface area contributed by atoms with Gasteiger partial charge in [-0.15, -0.1) is 24.0 Å². The number of hydrogen-bond acceptors (Lipinski definition) is 3. The van der Waals surface area contributed by atoms with E-state index >= 15 is 0 Å². The van der Waals surface area contributed by atoms with Crippen molar-refractivity contribution in [2.24, 2.45) is 10.4 Å². The van der Waals surface area contributed by atoms with Crippen molar-refractivity contribution in [3.63, 3.8) is 0 Å². The zero-order chi connectivity index (χ0) is 16.6. The Morgan fingerprint density at radius 2 is 1.70 bits per heavy atom. The van der Waals surface area contributed by atoms with Crippen LogP contribution in [0.5, 0.6) is 0 Å². The molecule has 0 spiro atoms. The summed E-state index contributed by atoms with van der Waals surface area (Å²) < 4.78 is 11.0. The van der Waals surface area contributed by atoms with Crippen molar-refractivity contribution in [3.05, 3.63) is 0 Å². The zero-order valence-corrected chi connectivity index (χ0v) is 18.1. The summed E-state index contributed by atoms with van der Waals surface area (Å²) >= 11 is 0. The maximum Gasteiger partial charge on any atom is 0.194 e. The van der Waals surface area contributed by atoms with Crippen LogP contribution in [0.25, 0.3) is 0 Å². The van der Waals surface area contributed by atoms with Crippen LogP contribution in [0.3, 0.4) is 0 Å². The summed E-state index contributed by atoms with van der Waals surface area (Å²) in [6.45, 7) is 16.0. The van der Waals surface area contributed by atoms with E-state index in [1.807, 2.05) is 7.05 Å². The number of unbranched alkanes of at least 4 members (excludes halogenated alkanes) is 1. The van der Waals surface area contributed by atoms with Crippen molar-refractivity contribution in [2.45, 2.75) is 53.0 Å². The normalized spacial score (nSPS) is 19.0. The molecular weight excluding hydrogens is 405 g/mol. The van der Waals surface area contributed by atoms with Crippen LogP contribution in [0.15, 0.2) is 4.99 Å². The SMILES string of the molecule is CCCCOCCOCCNC(=NC)N1CC(C)(C)C1(C)C.I. The summed E-state index contributed by atoms with van der Waals surface area (Å²) in [5, 5.41) is 3.39. The van der Waals surface area contributed by atoms with Crippen LogP contribution in [0, 0.1) is 5.41 Å². The minimum Gasteiger partial charge on any atom is -0.379 e. The molecular formula is C17H36IN3O2. The molecule has 1 saturated heterocycles. The minimum atomic E-state index is 0. The van der Waals surface area contributed by atoms with Crippen molar-refractivity contribution >= 4 is 29.9 Å². The maximum absolute atomic E-state index is 5.57. The number of guanidine groups is 1. The Balaban J connectivity index is 0.00000484. The van der Waals surface area contributed by atoms with Gasteiger partial charge in [0.15, 0.2) is 5.96 Å². The lowest BCUT2D eigenvalue weighted by Gasteiger charge is -2.62. The lowest BCUT2D eigenvalue weighted by molar-refractivity contribution is -0.0669. The molecule has 0 unspecified atom stereocenters. The molecule has 138 valence electrons. The van der Waals surface area contributed by atoms with Crippen LogP contribution >= 0.6 is 24.0 Å². The van der Waals surface area contributed by atoms with Gasteiger partial charge in [-0.1, -0.05) is 27.2 Å². The average molecular weight is 441 g/mol. The van der Waals surface area contributed by atoms with Crippen LogP contribution in [0.4, 0.5) is 0 Å². The Hall–Kier alpha value is -0.0800. The predicted octanol–water partition coefficient (Wildman–Crippen LogP) is 3.13. The molecule has 0 bridgehead atoms. The molecule has 0 radical (unpaired) electrons. The van der Waals surface area contributed by atoms with E-state index in [1.165, 1.54) is 6.42 Å². The highest BCUT2D eigenvalue weighted by molar-refractivity contribution is 14.0. The van der Waals surface area contributed by atoms with Gasteiger partial charge in [0, 0.05) is 37.7 Å². The number of hydrogen-bond donors (Lipinski definition) is 1. The van der Waals surface area contributed by atoms with Gasteiger partial charge in [-0.25, -0.2) is 0 Å². The molecule has 0 aromatic rings. The third kappa shape index (κ3) is 6.38. The van der Waals surface area contributed by atoms with E-state index in [-0.39, 0.29) is 29.5 Å². The van der Waals surface area contributed by atoms with Gasteiger partial charge in [-0.3, -0.25) is 4.99 Å². The predicted molar refractivity (Wildman–Crippen MR) is 108 cm³/mol. The quantitative estimate of drug-likeness (QED) is 0.259. The van der Waals surface area contributed by atoms with Crippen molar-refractivity contribution in [1.82, 2.24) is 10.2 Å². The average Bonchev–Trinajstić information content (AvgIpc) is 2.47. The molecule has 1 rings (SSSR count).